The zero-order valence-corrected chi connectivity index (χ0v) is 9.34. The highest BCUT2D eigenvalue weighted by molar-refractivity contribution is 7.71. The number of aromatic amines is 1. The summed E-state index contributed by atoms with van der Waals surface area (Å²) in [7, 11) is 1.49. The lowest BCUT2D eigenvalue weighted by Gasteiger charge is -2.05. The zero-order valence-electron chi connectivity index (χ0n) is 8.53. The van der Waals surface area contributed by atoms with Crippen LogP contribution in [-0.4, -0.2) is 17.3 Å². The topological polar surface area (TPSA) is 37.9 Å². The number of methoxy groups -OCH3 is 1. The molecule has 5 heteroatoms. The van der Waals surface area contributed by atoms with E-state index in [0.29, 0.717) is 21.5 Å². The molecule has 0 aliphatic carbocycles. The Morgan fingerprint density at radius 2 is 2.19 bits per heavy atom. The maximum Gasteiger partial charge on any atom is 0.134 e. The maximum atomic E-state index is 13.7. The summed E-state index contributed by atoms with van der Waals surface area (Å²) in [6.45, 7) is 0. The van der Waals surface area contributed by atoms with E-state index in [1.807, 2.05) is 0 Å². The van der Waals surface area contributed by atoms with Crippen LogP contribution in [0.5, 0.6) is 5.75 Å². The number of benzene rings is 1. The van der Waals surface area contributed by atoms with Crippen molar-refractivity contribution >= 4 is 12.2 Å². The Balaban J connectivity index is 2.52. The minimum Gasteiger partial charge on any atom is -0.497 e. The van der Waals surface area contributed by atoms with Gasteiger partial charge in [0.05, 0.1) is 13.3 Å². The molecule has 0 bridgehead atoms. The van der Waals surface area contributed by atoms with Crippen LogP contribution >= 0.6 is 12.2 Å². The minimum atomic E-state index is -0.359. The average molecular weight is 236 g/mol. The Labute approximate surface area is 96.9 Å². The predicted octanol–water partition coefficient (Wildman–Crippen LogP) is 2.95. The van der Waals surface area contributed by atoms with E-state index in [9.17, 15) is 4.39 Å². The molecular formula is C11H9FN2OS. The molecule has 0 atom stereocenters. The number of hydrogen-bond acceptors (Lipinski definition) is 3. The van der Waals surface area contributed by atoms with Gasteiger partial charge >= 0.3 is 0 Å². The van der Waals surface area contributed by atoms with Crippen molar-refractivity contribution in [3.8, 4) is 16.9 Å². The van der Waals surface area contributed by atoms with Gasteiger partial charge in [0.25, 0.3) is 0 Å². The van der Waals surface area contributed by atoms with Crippen molar-refractivity contribution in [1.82, 2.24) is 10.2 Å². The molecule has 82 valence electrons. The van der Waals surface area contributed by atoms with Crippen molar-refractivity contribution in [3.63, 3.8) is 0 Å². The summed E-state index contributed by atoms with van der Waals surface area (Å²) in [5.74, 6) is 0.122. The quantitative estimate of drug-likeness (QED) is 0.815. The summed E-state index contributed by atoms with van der Waals surface area (Å²) >= 11 is 4.93. The molecule has 1 aromatic heterocycles. The van der Waals surface area contributed by atoms with Crippen LogP contribution in [0.15, 0.2) is 30.5 Å². The Bertz CT molecular complexity index is 568. The van der Waals surface area contributed by atoms with Gasteiger partial charge in [0, 0.05) is 17.2 Å². The van der Waals surface area contributed by atoms with Crippen LogP contribution in [0.3, 0.4) is 0 Å². The molecule has 0 spiro atoms. The molecule has 0 saturated carbocycles. The monoisotopic (exact) mass is 236 g/mol. The van der Waals surface area contributed by atoms with Gasteiger partial charge < -0.3 is 4.74 Å². The summed E-state index contributed by atoms with van der Waals surface area (Å²) in [5, 5.41) is 6.42. The molecule has 0 unspecified atom stereocenters. The van der Waals surface area contributed by atoms with Gasteiger partial charge in [0.15, 0.2) is 0 Å². The van der Waals surface area contributed by atoms with Gasteiger partial charge in [-0.3, -0.25) is 5.10 Å². The van der Waals surface area contributed by atoms with Crippen molar-refractivity contribution < 1.29 is 9.13 Å². The number of rotatable bonds is 2. The van der Waals surface area contributed by atoms with Crippen LogP contribution in [0.1, 0.15) is 0 Å². The van der Waals surface area contributed by atoms with Crippen LogP contribution in [-0.2, 0) is 0 Å². The van der Waals surface area contributed by atoms with Crippen LogP contribution in [0.25, 0.3) is 11.1 Å². The van der Waals surface area contributed by atoms with Gasteiger partial charge in [-0.2, -0.15) is 5.10 Å². The van der Waals surface area contributed by atoms with Gasteiger partial charge in [-0.25, -0.2) is 4.39 Å². The Hall–Kier alpha value is -1.75. The van der Waals surface area contributed by atoms with Crippen molar-refractivity contribution in [2.24, 2.45) is 0 Å². The highest BCUT2D eigenvalue weighted by atomic mass is 32.1. The SMILES string of the molecule is COc1ccc(-c2cn[nH]c(=S)c2)c(F)c1. The first-order valence-electron chi connectivity index (χ1n) is 4.59. The molecule has 0 aliphatic heterocycles. The summed E-state index contributed by atoms with van der Waals surface area (Å²) in [6, 6.07) is 6.32. The minimum absolute atomic E-state index is 0.359. The van der Waals surface area contributed by atoms with E-state index in [4.69, 9.17) is 17.0 Å². The number of aromatic nitrogens is 2. The second kappa shape index (κ2) is 4.40. The number of ether oxygens (including phenoxy) is 1. The Morgan fingerprint density at radius 1 is 1.38 bits per heavy atom. The van der Waals surface area contributed by atoms with Gasteiger partial charge in [0.1, 0.15) is 16.2 Å². The summed E-state index contributed by atoms with van der Waals surface area (Å²) in [5.41, 5.74) is 1.09. The molecule has 3 nitrogen and oxygen atoms in total. The van der Waals surface area contributed by atoms with E-state index >= 15 is 0 Å². The maximum absolute atomic E-state index is 13.7. The van der Waals surface area contributed by atoms with Crippen molar-refractivity contribution in [3.05, 3.63) is 40.9 Å². The molecule has 1 heterocycles. The van der Waals surface area contributed by atoms with Crippen LogP contribution in [0.4, 0.5) is 4.39 Å². The number of nitrogens with zero attached hydrogens (tertiary/aromatic N) is 1. The lowest BCUT2D eigenvalue weighted by molar-refractivity contribution is 0.411. The lowest BCUT2D eigenvalue weighted by Crippen LogP contribution is -1.90. The number of nitrogens with one attached hydrogen (secondary N) is 1. The molecule has 0 aliphatic rings. The second-order valence-corrected chi connectivity index (χ2v) is 3.62. The third kappa shape index (κ3) is 2.09. The van der Waals surface area contributed by atoms with E-state index in [2.05, 4.69) is 10.2 Å². The average Bonchev–Trinajstić information content (AvgIpc) is 2.28. The fraction of sp³-hybridized carbons (Fsp3) is 0.0909. The largest absolute Gasteiger partial charge is 0.497 e. The van der Waals surface area contributed by atoms with Gasteiger partial charge in [-0.05, 0) is 18.2 Å². The van der Waals surface area contributed by atoms with E-state index < -0.39 is 0 Å². The molecule has 0 radical (unpaired) electrons. The molecule has 0 fully saturated rings. The summed E-state index contributed by atoms with van der Waals surface area (Å²) in [4.78, 5) is 0. The predicted molar refractivity (Wildman–Crippen MR) is 61.4 cm³/mol. The molecule has 0 saturated heterocycles. The van der Waals surface area contributed by atoms with E-state index in [1.165, 1.54) is 19.4 Å². The molecule has 16 heavy (non-hydrogen) atoms. The fourth-order valence-corrected chi connectivity index (χ4v) is 1.56. The molecule has 1 N–H and O–H groups in total. The molecule has 2 aromatic rings. The lowest BCUT2D eigenvalue weighted by atomic mass is 10.1. The Kier molecular flexibility index (Phi) is 2.96. The van der Waals surface area contributed by atoms with Crippen molar-refractivity contribution in [2.45, 2.75) is 0 Å². The molecule has 0 amide bonds. The molecule has 1 aromatic carbocycles. The van der Waals surface area contributed by atoms with E-state index in [-0.39, 0.29) is 5.82 Å². The normalized spacial score (nSPS) is 10.1. The van der Waals surface area contributed by atoms with Crippen molar-refractivity contribution in [1.29, 1.82) is 0 Å². The summed E-state index contributed by atoms with van der Waals surface area (Å²) < 4.78 is 19.1. The van der Waals surface area contributed by atoms with Crippen molar-refractivity contribution in [2.75, 3.05) is 7.11 Å². The van der Waals surface area contributed by atoms with Gasteiger partial charge in [-0.1, -0.05) is 12.2 Å². The third-order valence-corrected chi connectivity index (χ3v) is 2.36. The first-order valence-corrected chi connectivity index (χ1v) is 5.00. The van der Waals surface area contributed by atoms with E-state index in [0.717, 1.165) is 0 Å². The van der Waals surface area contributed by atoms with Gasteiger partial charge in [-0.15, -0.1) is 0 Å². The summed E-state index contributed by atoms with van der Waals surface area (Å²) in [6.07, 6.45) is 1.53. The fourth-order valence-electron chi connectivity index (χ4n) is 1.38. The zero-order chi connectivity index (χ0) is 11.5. The van der Waals surface area contributed by atoms with Crippen LogP contribution in [0.2, 0.25) is 0 Å². The Morgan fingerprint density at radius 3 is 2.81 bits per heavy atom. The van der Waals surface area contributed by atoms with Crippen LogP contribution in [0, 0.1) is 10.5 Å². The van der Waals surface area contributed by atoms with E-state index in [1.54, 1.807) is 18.2 Å². The molecular weight excluding hydrogens is 227 g/mol. The standard InChI is InChI=1S/C11H9FN2OS/c1-15-8-2-3-9(10(12)5-8)7-4-11(16)14-13-6-7/h2-6H,1H3,(H,14,16). The first kappa shape index (κ1) is 10.8. The third-order valence-electron chi connectivity index (χ3n) is 2.15. The second-order valence-electron chi connectivity index (χ2n) is 3.18. The van der Waals surface area contributed by atoms with Crippen LogP contribution < -0.4 is 4.74 Å². The van der Waals surface area contributed by atoms with Gasteiger partial charge in [0.2, 0.25) is 0 Å². The number of hydrogen-bond donors (Lipinski definition) is 1. The number of H-pyrrole nitrogens is 1. The first-order chi connectivity index (χ1) is 7.70. The number of halogens is 1. The highest BCUT2D eigenvalue weighted by Crippen LogP contribution is 2.25. The smallest absolute Gasteiger partial charge is 0.134 e. The molecule has 2 rings (SSSR count). The highest BCUT2D eigenvalue weighted by Gasteiger charge is 2.06.